The highest BCUT2D eigenvalue weighted by molar-refractivity contribution is 9.10. The number of benzene rings is 2. The number of rotatable bonds is 4. The average Bonchev–Trinajstić information content (AvgIpc) is 2.49. The Bertz CT molecular complexity index is 649. The highest BCUT2D eigenvalue weighted by Crippen LogP contribution is 2.28. The van der Waals surface area contributed by atoms with Crippen LogP contribution in [0.3, 0.4) is 0 Å². The second-order valence-corrected chi connectivity index (χ2v) is 5.54. The van der Waals surface area contributed by atoms with Crippen LogP contribution in [0.4, 0.5) is 10.1 Å². The van der Waals surface area contributed by atoms with Crippen LogP contribution in [0.15, 0.2) is 46.9 Å². The Morgan fingerprint density at radius 2 is 1.95 bits per heavy atom. The summed E-state index contributed by atoms with van der Waals surface area (Å²) in [5.41, 5.74) is 1.25. The Kier molecular flexibility index (Phi) is 5.20. The fraction of sp³-hybridized carbons (Fsp3) is 0.133. The third-order valence-electron chi connectivity index (χ3n) is 2.87. The van der Waals surface area contributed by atoms with Gasteiger partial charge in [0.05, 0.1) is 12.1 Å². The molecule has 0 saturated carbocycles. The lowest BCUT2D eigenvalue weighted by molar-refractivity contribution is -0.141. The molecule has 2 aromatic carbocycles. The van der Waals surface area contributed by atoms with E-state index in [-0.39, 0.29) is 5.82 Å². The van der Waals surface area contributed by atoms with Crippen LogP contribution >= 0.6 is 27.5 Å². The fourth-order valence-electron chi connectivity index (χ4n) is 1.80. The zero-order chi connectivity index (χ0) is 15.4. The summed E-state index contributed by atoms with van der Waals surface area (Å²) < 4.78 is 18.5. The topological polar surface area (TPSA) is 38.3 Å². The quantitative estimate of drug-likeness (QED) is 0.799. The largest absolute Gasteiger partial charge is 0.467 e. The predicted octanol–water partition coefficient (Wildman–Crippen LogP) is 4.57. The molecule has 2 aromatic rings. The van der Waals surface area contributed by atoms with E-state index < -0.39 is 12.0 Å². The molecule has 0 aliphatic heterocycles. The molecule has 1 unspecified atom stereocenters. The molecule has 0 bridgehead atoms. The number of halogens is 3. The van der Waals surface area contributed by atoms with Crippen LogP contribution in [0.2, 0.25) is 5.02 Å². The van der Waals surface area contributed by atoms with Gasteiger partial charge in [0.2, 0.25) is 0 Å². The van der Waals surface area contributed by atoms with Crippen molar-refractivity contribution >= 4 is 39.2 Å². The van der Waals surface area contributed by atoms with E-state index in [0.717, 1.165) is 4.47 Å². The SMILES string of the molecule is COC(=O)C(Nc1ccc(F)cc1)c1ccc(Br)c(Cl)c1. The first-order valence-corrected chi connectivity index (χ1v) is 7.23. The predicted molar refractivity (Wildman–Crippen MR) is 83.9 cm³/mol. The number of anilines is 1. The van der Waals surface area contributed by atoms with E-state index in [0.29, 0.717) is 16.3 Å². The molecule has 21 heavy (non-hydrogen) atoms. The minimum Gasteiger partial charge on any atom is -0.467 e. The zero-order valence-corrected chi connectivity index (χ0v) is 13.4. The minimum atomic E-state index is -0.730. The van der Waals surface area contributed by atoms with Crippen molar-refractivity contribution in [2.75, 3.05) is 12.4 Å². The normalized spacial score (nSPS) is 11.8. The second kappa shape index (κ2) is 6.91. The summed E-state index contributed by atoms with van der Waals surface area (Å²) in [7, 11) is 1.31. The van der Waals surface area contributed by atoms with Gasteiger partial charge in [-0.25, -0.2) is 9.18 Å². The number of hydrogen-bond acceptors (Lipinski definition) is 3. The van der Waals surface area contributed by atoms with Crippen molar-refractivity contribution in [3.8, 4) is 0 Å². The van der Waals surface area contributed by atoms with Gasteiger partial charge in [0, 0.05) is 10.2 Å². The van der Waals surface area contributed by atoms with Crippen molar-refractivity contribution < 1.29 is 13.9 Å². The third-order valence-corrected chi connectivity index (χ3v) is 4.10. The first kappa shape index (κ1) is 15.8. The molecule has 3 nitrogen and oxygen atoms in total. The van der Waals surface area contributed by atoms with Gasteiger partial charge in [0.1, 0.15) is 5.82 Å². The number of nitrogens with one attached hydrogen (secondary N) is 1. The minimum absolute atomic E-state index is 0.346. The van der Waals surface area contributed by atoms with E-state index in [1.807, 2.05) is 0 Å². The highest BCUT2D eigenvalue weighted by atomic mass is 79.9. The molecule has 0 radical (unpaired) electrons. The van der Waals surface area contributed by atoms with Gasteiger partial charge in [0.15, 0.2) is 6.04 Å². The maximum absolute atomic E-state index is 12.9. The van der Waals surface area contributed by atoms with Gasteiger partial charge in [-0.15, -0.1) is 0 Å². The Labute approximate surface area is 135 Å². The lowest BCUT2D eigenvalue weighted by atomic mass is 10.1. The van der Waals surface area contributed by atoms with Crippen molar-refractivity contribution in [3.05, 3.63) is 63.3 Å². The third kappa shape index (κ3) is 3.95. The van der Waals surface area contributed by atoms with Crippen LogP contribution in [-0.2, 0) is 9.53 Å². The molecule has 110 valence electrons. The molecular formula is C15H12BrClFNO2. The highest BCUT2D eigenvalue weighted by Gasteiger charge is 2.22. The number of esters is 1. The first-order valence-electron chi connectivity index (χ1n) is 6.06. The van der Waals surface area contributed by atoms with Crippen molar-refractivity contribution in [3.63, 3.8) is 0 Å². The van der Waals surface area contributed by atoms with Crippen molar-refractivity contribution in [1.82, 2.24) is 0 Å². The number of methoxy groups -OCH3 is 1. The standard InChI is InChI=1S/C15H12BrClFNO2/c1-21-15(20)14(9-2-7-12(16)13(17)8-9)19-11-5-3-10(18)4-6-11/h2-8,14,19H,1H3. The van der Waals surface area contributed by atoms with Crippen LogP contribution in [0.5, 0.6) is 0 Å². The van der Waals surface area contributed by atoms with Crippen LogP contribution in [0.1, 0.15) is 11.6 Å². The molecule has 0 aliphatic carbocycles. The maximum atomic E-state index is 12.9. The first-order chi connectivity index (χ1) is 10.0. The summed E-state index contributed by atoms with van der Waals surface area (Å²) in [5.74, 6) is -0.806. The summed E-state index contributed by atoms with van der Waals surface area (Å²) >= 11 is 9.35. The summed E-state index contributed by atoms with van der Waals surface area (Å²) in [6.45, 7) is 0. The summed E-state index contributed by atoms with van der Waals surface area (Å²) in [5, 5.41) is 3.49. The number of carbonyl (C=O) groups excluding carboxylic acids is 1. The molecule has 1 N–H and O–H groups in total. The lowest BCUT2D eigenvalue weighted by Gasteiger charge is -2.18. The van der Waals surface area contributed by atoms with Gasteiger partial charge in [-0.3, -0.25) is 0 Å². The molecule has 0 spiro atoms. The zero-order valence-electron chi connectivity index (χ0n) is 11.1. The molecule has 0 fully saturated rings. The van der Waals surface area contributed by atoms with E-state index in [9.17, 15) is 9.18 Å². The van der Waals surface area contributed by atoms with Gasteiger partial charge in [-0.2, -0.15) is 0 Å². The van der Waals surface area contributed by atoms with Crippen molar-refractivity contribution in [2.45, 2.75) is 6.04 Å². The lowest BCUT2D eigenvalue weighted by Crippen LogP contribution is -2.22. The Morgan fingerprint density at radius 3 is 2.52 bits per heavy atom. The van der Waals surface area contributed by atoms with Gasteiger partial charge in [-0.05, 0) is 57.9 Å². The van der Waals surface area contributed by atoms with Crippen LogP contribution in [-0.4, -0.2) is 13.1 Å². The smallest absolute Gasteiger partial charge is 0.332 e. The Balaban J connectivity index is 2.31. The van der Waals surface area contributed by atoms with E-state index in [4.69, 9.17) is 16.3 Å². The number of carbonyl (C=O) groups is 1. The summed E-state index contributed by atoms with van der Waals surface area (Å²) in [6.07, 6.45) is 0. The van der Waals surface area contributed by atoms with E-state index in [1.165, 1.54) is 19.2 Å². The molecular weight excluding hydrogens is 361 g/mol. The molecule has 2 rings (SSSR count). The van der Waals surface area contributed by atoms with Gasteiger partial charge < -0.3 is 10.1 Å². The van der Waals surface area contributed by atoms with E-state index >= 15 is 0 Å². The molecule has 0 aliphatic rings. The van der Waals surface area contributed by atoms with Gasteiger partial charge in [-0.1, -0.05) is 17.7 Å². The Morgan fingerprint density at radius 1 is 1.29 bits per heavy atom. The number of ether oxygens (including phenoxy) is 1. The maximum Gasteiger partial charge on any atom is 0.332 e. The Hall–Kier alpha value is -1.59. The number of hydrogen-bond donors (Lipinski definition) is 1. The van der Waals surface area contributed by atoms with E-state index in [1.54, 1.807) is 30.3 Å². The van der Waals surface area contributed by atoms with Crippen LogP contribution < -0.4 is 5.32 Å². The van der Waals surface area contributed by atoms with Crippen LogP contribution in [0, 0.1) is 5.82 Å². The molecule has 0 aromatic heterocycles. The average molecular weight is 373 g/mol. The van der Waals surface area contributed by atoms with E-state index in [2.05, 4.69) is 21.2 Å². The molecule has 0 heterocycles. The fourth-order valence-corrected chi connectivity index (χ4v) is 2.24. The molecule has 6 heteroatoms. The summed E-state index contributed by atoms with van der Waals surface area (Å²) in [6, 6.07) is 10.2. The monoisotopic (exact) mass is 371 g/mol. The molecule has 0 saturated heterocycles. The van der Waals surface area contributed by atoms with Crippen molar-refractivity contribution in [1.29, 1.82) is 0 Å². The summed E-state index contributed by atoms with van der Waals surface area (Å²) in [4.78, 5) is 12.0. The van der Waals surface area contributed by atoms with Crippen LogP contribution in [0.25, 0.3) is 0 Å². The van der Waals surface area contributed by atoms with Gasteiger partial charge >= 0.3 is 5.97 Å². The second-order valence-electron chi connectivity index (χ2n) is 4.28. The molecule has 1 atom stereocenters. The van der Waals surface area contributed by atoms with Gasteiger partial charge in [0.25, 0.3) is 0 Å². The molecule has 0 amide bonds. The van der Waals surface area contributed by atoms with Crippen molar-refractivity contribution in [2.24, 2.45) is 0 Å².